The van der Waals surface area contributed by atoms with E-state index in [4.69, 9.17) is 11.0 Å². The molecular formula is C58H43N5O. The molecule has 0 N–H and O–H groups in total. The van der Waals surface area contributed by atoms with Crippen LogP contribution in [0.1, 0.15) is 58.2 Å². The molecule has 0 saturated carbocycles. The van der Waals surface area contributed by atoms with Crippen molar-refractivity contribution in [2.24, 2.45) is 0 Å². The highest BCUT2D eigenvalue weighted by molar-refractivity contribution is 6.24. The summed E-state index contributed by atoms with van der Waals surface area (Å²) in [7, 11) is 0. The highest BCUT2D eigenvalue weighted by atomic mass is 16.3. The van der Waals surface area contributed by atoms with Crippen LogP contribution in [0.3, 0.4) is 0 Å². The molecule has 306 valence electrons. The van der Waals surface area contributed by atoms with Gasteiger partial charge < -0.3 is 18.1 Å². The van der Waals surface area contributed by atoms with Crippen molar-refractivity contribution in [3.8, 4) is 23.1 Å². The maximum Gasteiger partial charge on any atom is 0.234 e. The Morgan fingerprint density at radius 1 is 0.484 bits per heavy atom. The lowest BCUT2D eigenvalue weighted by Crippen LogP contribution is -2.10. The number of benzene rings is 8. The number of furan rings is 1. The monoisotopic (exact) mass is 825 g/mol. The Morgan fingerprint density at radius 3 is 1.56 bits per heavy atom. The van der Waals surface area contributed by atoms with E-state index in [-0.39, 0.29) is 10.8 Å². The van der Waals surface area contributed by atoms with Crippen LogP contribution in [0.5, 0.6) is 0 Å². The van der Waals surface area contributed by atoms with Crippen molar-refractivity contribution in [2.45, 2.75) is 52.4 Å². The fourth-order valence-electron chi connectivity index (χ4n) is 10.2. The molecule has 0 saturated heterocycles. The zero-order valence-corrected chi connectivity index (χ0v) is 36.6. The topological polar surface area (TPSA) is 56.1 Å². The van der Waals surface area contributed by atoms with Gasteiger partial charge in [-0.25, -0.2) is 4.85 Å². The number of nitriles is 1. The lowest BCUT2D eigenvalue weighted by atomic mass is 9.85. The van der Waals surface area contributed by atoms with E-state index >= 15 is 0 Å². The van der Waals surface area contributed by atoms with Crippen molar-refractivity contribution in [1.82, 2.24) is 13.7 Å². The van der Waals surface area contributed by atoms with E-state index in [0.29, 0.717) is 22.6 Å². The standard InChI is InChI=1S/C58H43N5O/c1-57(2,3)35-20-24-47-42(30-35)43-31-36(58(4,5)6)21-25-48(43)62(47)51-28-34(33-59)29-52(55(51)60-7)63-49-26-22-37(61-45-17-11-8-14-38(45)39-15-9-12-18-46(39)61)32-44(49)54-50(63)27-23-41-40-16-10-13-19-53(40)64-56(41)54/h8-32H,1-6H3. The minimum atomic E-state index is -0.0664. The predicted molar refractivity (Wildman–Crippen MR) is 265 cm³/mol. The van der Waals surface area contributed by atoms with Gasteiger partial charge in [0.2, 0.25) is 5.69 Å². The van der Waals surface area contributed by atoms with Gasteiger partial charge in [0.15, 0.2) is 0 Å². The molecule has 12 rings (SSSR count). The number of hydrogen-bond donors (Lipinski definition) is 0. The summed E-state index contributed by atoms with van der Waals surface area (Å²) in [5, 5.41) is 19.5. The second-order valence-corrected chi connectivity index (χ2v) is 19.2. The van der Waals surface area contributed by atoms with E-state index < -0.39 is 0 Å². The van der Waals surface area contributed by atoms with Crippen LogP contribution in [-0.2, 0) is 10.8 Å². The van der Waals surface area contributed by atoms with Crippen LogP contribution >= 0.6 is 0 Å². The Labute approximate surface area is 370 Å². The molecule has 4 heterocycles. The summed E-state index contributed by atoms with van der Waals surface area (Å²) in [4.78, 5) is 4.39. The third-order valence-corrected chi connectivity index (χ3v) is 13.4. The first-order valence-corrected chi connectivity index (χ1v) is 21.9. The van der Waals surface area contributed by atoms with Crippen LogP contribution in [0.15, 0.2) is 156 Å². The lowest BCUT2D eigenvalue weighted by Gasteiger charge is -2.19. The van der Waals surface area contributed by atoms with E-state index in [1.165, 1.54) is 21.9 Å². The average Bonchev–Trinajstić information content (AvgIpc) is 4.03. The van der Waals surface area contributed by atoms with Gasteiger partial charge in [0.1, 0.15) is 11.2 Å². The van der Waals surface area contributed by atoms with Crippen molar-refractivity contribution >= 4 is 93.0 Å². The number of aromatic nitrogens is 3. The Bertz CT molecular complexity index is 3940. The summed E-state index contributed by atoms with van der Waals surface area (Å²) in [5.74, 6) is 0. The van der Waals surface area contributed by atoms with Gasteiger partial charge in [-0.15, -0.1) is 0 Å². The third kappa shape index (κ3) is 5.30. The molecule has 64 heavy (non-hydrogen) atoms. The van der Waals surface area contributed by atoms with Crippen LogP contribution in [0.25, 0.3) is 109 Å². The van der Waals surface area contributed by atoms with Crippen LogP contribution in [0.4, 0.5) is 5.69 Å². The van der Waals surface area contributed by atoms with Gasteiger partial charge in [0.25, 0.3) is 0 Å². The van der Waals surface area contributed by atoms with Crippen molar-refractivity contribution in [3.63, 3.8) is 0 Å². The molecule has 0 radical (unpaired) electrons. The smallest absolute Gasteiger partial charge is 0.234 e. The number of para-hydroxylation sites is 3. The molecule has 8 aromatic carbocycles. The van der Waals surface area contributed by atoms with E-state index in [0.717, 1.165) is 82.3 Å². The quantitative estimate of drug-likeness (QED) is 0.167. The Balaban J connectivity index is 1.20. The molecule has 0 unspecified atom stereocenters. The molecule has 4 aromatic heterocycles. The summed E-state index contributed by atoms with van der Waals surface area (Å²) < 4.78 is 13.5. The molecule has 0 amide bonds. The summed E-state index contributed by atoms with van der Waals surface area (Å²) in [6.07, 6.45) is 0. The lowest BCUT2D eigenvalue weighted by molar-refractivity contribution is 0.590. The Kier molecular flexibility index (Phi) is 7.79. The highest BCUT2D eigenvalue weighted by Crippen LogP contribution is 2.46. The van der Waals surface area contributed by atoms with Gasteiger partial charge in [-0.05, 0) is 107 Å². The molecule has 6 nitrogen and oxygen atoms in total. The number of fused-ring (bicyclic) bond motifs is 13. The van der Waals surface area contributed by atoms with Crippen LogP contribution in [-0.4, -0.2) is 13.7 Å². The maximum atomic E-state index is 10.8. The Hall–Kier alpha value is -8.06. The minimum Gasteiger partial charge on any atom is -0.455 e. The first kappa shape index (κ1) is 37.7. The molecule has 0 aliphatic heterocycles. The predicted octanol–water partition coefficient (Wildman–Crippen LogP) is 15.9. The van der Waals surface area contributed by atoms with E-state index in [1.807, 2.05) is 30.3 Å². The van der Waals surface area contributed by atoms with Crippen LogP contribution in [0.2, 0.25) is 0 Å². The second-order valence-electron chi connectivity index (χ2n) is 19.2. The molecule has 0 bridgehead atoms. The first-order valence-electron chi connectivity index (χ1n) is 21.9. The van der Waals surface area contributed by atoms with Gasteiger partial charge in [0.05, 0.1) is 68.1 Å². The van der Waals surface area contributed by atoms with Crippen molar-refractivity contribution < 1.29 is 4.42 Å². The average molecular weight is 826 g/mol. The largest absolute Gasteiger partial charge is 0.455 e. The van der Waals surface area contributed by atoms with Gasteiger partial charge in [-0.1, -0.05) is 108 Å². The van der Waals surface area contributed by atoms with Gasteiger partial charge in [-0.2, -0.15) is 5.26 Å². The molecule has 0 aliphatic rings. The van der Waals surface area contributed by atoms with E-state index in [9.17, 15) is 5.26 Å². The summed E-state index contributed by atoms with van der Waals surface area (Å²) in [5.41, 5.74) is 13.2. The fraction of sp³-hybridized carbons (Fsp3) is 0.138. The molecule has 0 atom stereocenters. The molecule has 6 heteroatoms. The van der Waals surface area contributed by atoms with Crippen LogP contribution < -0.4 is 0 Å². The van der Waals surface area contributed by atoms with E-state index in [1.54, 1.807) is 0 Å². The molecule has 0 spiro atoms. The van der Waals surface area contributed by atoms with Crippen molar-refractivity contribution in [1.29, 1.82) is 5.26 Å². The first-order chi connectivity index (χ1) is 30.9. The van der Waals surface area contributed by atoms with Crippen LogP contribution in [0, 0.1) is 17.9 Å². The van der Waals surface area contributed by atoms with E-state index in [2.05, 4.69) is 187 Å². The van der Waals surface area contributed by atoms with Gasteiger partial charge >= 0.3 is 0 Å². The summed E-state index contributed by atoms with van der Waals surface area (Å²) in [6, 6.07) is 55.8. The maximum absolute atomic E-state index is 10.8. The minimum absolute atomic E-state index is 0.0664. The number of nitrogens with zero attached hydrogens (tertiary/aromatic N) is 5. The Morgan fingerprint density at radius 2 is 0.984 bits per heavy atom. The number of hydrogen-bond acceptors (Lipinski definition) is 2. The highest BCUT2D eigenvalue weighted by Gasteiger charge is 2.27. The molecule has 0 aliphatic carbocycles. The zero-order chi connectivity index (χ0) is 43.8. The number of rotatable bonds is 3. The third-order valence-electron chi connectivity index (χ3n) is 13.4. The fourth-order valence-corrected chi connectivity index (χ4v) is 10.2. The molecule has 0 fully saturated rings. The second kappa shape index (κ2) is 13.2. The summed E-state index contributed by atoms with van der Waals surface area (Å²) in [6.45, 7) is 22.4. The molecular weight excluding hydrogens is 783 g/mol. The normalized spacial score (nSPS) is 12.5. The summed E-state index contributed by atoms with van der Waals surface area (Å²) >= 11 is 0. The van der Waals surface area contributed by atoms with Gasteiger partial charge in [-0.3, -0.25) is 0 Å². The van der Waals surface area contributed by atoms with Crippen molar-refractivity contribution in [3.05, 3.63) is 180 Å². The van der Waals surface area contributed by atoms with Crippen molar-refractivity contribution in [2.75, 3.05) is 0 Å². The SMILES string of the molecule is [C-]#[N+]c1c(-n2c3ccc(C(C)(C)C)cc3c3cc(C(C)(C)C)ccc32)cc(C#N)cc1-n1c2ccc(-n3c4ccccc4c4ccccc43)cc2c2c3oc4ccccc4c3ccc21. The zero-order valence-electron chi connectivity index (χ0n) is 36.6. The molecule has 12 aromatic rings. The van der Waals surface area contributed by atoms with Gasteiger partial charge in [0, 0.05) is 43.4 Å².